The molecule has 0 saturated heterocycles. The summed E-state index contributed by atoms with van der Waals surface area (Å²) in [5, 5.41) is 13.4. The van der Waals surface area contributed by atoms with Gasteiger partial charge in [0.2, 0.25) is 0 Å². The molecule has 1 aromatic carbocycles. The molecule has 2 rings (SSSR count). The van der Waals surface area contributed by atoms with Gasteiger partial charge < -0.3 is 10.4 Å². The van der Waals surface area contributed by atoms with Crippen molar-refractivity contribution in [1.82, 2.24) is 0 Å². The predicted octanol–water partition coefficient (Wildman–Crippen LogP) is 3.95. The fraction of sp³-hybridized carbons (Fsp3) is 0.600. The summed E-state index contributed by atoms with van der Waals surface area (Å²) in [6, 6.07) is 5.82. The largest absolute Gasteiger partial charge is 0.506 e. The quantitative estimate of drug-likeness (QED) is 0.755. The molecule has 0 bridgehead atoms. The van der Waals surface area contributed by atoms with Gasteiger partial charge in [0.25, 0.3) is 0 Å². The third-order valence-electron chi connectivity index (χ3n) is 3.69. The van der Waals surface area contributed by atoms with Gasteiger partial charge in [0.15, 0.2) is 0 Å². The normalized spacial score (nSPS) is 16.3. The number of rotatable bonds is 5. The molecule has 17 heavy (non-hydrogen) atoms. The summed E-state index contributed by atoms with van der Waals surface area (Å²) in [5.74, 6) is 1.19. The van der Waals surface area contributed by atoms with Crippen molar-refractivity contribution in [3.8, 4) is 5.75 Å². The first kappa shape index (κ1) is 12.3. The number of nitrogens with one attached hydrogen (secondary N) is 1. The Labute approximate surface area is 104 Å². The van der Waals surface area contributed by atoms with E-state index in [1.807, 2.05) is 6.07 Å². The fourth-order valence-electron chi connectivity index (χ4n) is 2.73. The number of para-hydroxylation sites is 1. The standard InChI is InChI=1S/C15H23NO/c1-2-6-13-9-5-10-14(17)15(13)16-11-12-7-3-4-8-12/h5,9-10,12,16-17H,2-4,6-8,11H2,1H3. The van der Waals surface area contributed by atoms with Crippen LogP contribution in [0.3, 0.4) is 0 Å². The number of anilines is 1. The van der Waals surface area contributed by atoms with Gasteiger partial charge in [-0.2, -0.15) is 0 Å². The lowest BCUT2D eigenvalue weighted by Crippen LogP contribution is -2.12. The molecule has 94 valence electrons. The van der Waals surface area contributed by atoms with Crippen LogP contribution in [-0.4, -0.2) is 11.7 Å². The van der Waals surface area contributed by atoms with Crippen molar-refractivity contribution in [2.24, 2.45) is 5.92 Å². The number of hydrogen-bond donors (Lipinski definition) is 2. The molecule has 2 N–H and O–H groups in total. The minimum Gasteiger partial charge on any atom is -0.506 e. The van der Waals surface area contributed by atoms with Crippen LogP contribution in [0.2, 0.25) is 0 Å². The van der Waals surface area contributed by atoms with E-state index in [1.54, 1.807) is 6.07 Å². The molecule has 0 unspecified atom stereocenters. The molecule has 0 spiro atoms. The van der Waals surface area contributed by atoms with Gasteiger partial charge in [-0.25, -0.2) is 0 Å². The van der Waals surface area contributed by atoms with Crippen LogP contribution in [0.1, 0.15) is 44.6 Å². The molecular formula is C15H23NO. The van der Waals surface area contributed by atoms with Crippen molar-refractivity contribution in [3.63, 3.8) is 0 Å². The smallest absolute Gasteiger partial charge is 0.138 e. The minimum atomic E-state index is 0.397. The molecule has 1 aromatic rings. The zero-order valence-electron chi connectivity index (χ0n) is 10.7. The van der Waals surface area contributed by atoms with Gasteiger partial charge in [0, 0.05) is 6.54 Å². The van der Waals surface area contributed by atoms with Crippen LogP contribution >= 0.6 is 0 Å². The second kappa shape index (κ2) is 5.95. The maximum Gasteiger partial charge on any atom is 0.138 e. The van der Waals surface area contributed by atoms with Crippen molar-refractivity contribution in [2.75, 3.05) is 11.9 Å². The van der Waals surface area contributed by atoms with Gasteiger partial charge in [-0.3, -0.25) is 0 Å². The zero-order valence-corrected chi connectivity index (χ0v) is 10.7. The van der Waals surface area contributed by atoms with Gasteiger partial charge in [-0.1, -0.05) is 38.3 Å². The van der Waals surface area contributed by atoms with Gasteiger partial charge in [0.1, 0.15) is 5.75 Å². The minimum absolute atomic E-state index is 0.397. The average Bonchev–Trinajstić information content (AvgIpc) is 2.82. The van der Waals surface area contributed by atoms with E-state index in [0.717, 1.165) is 31.0 Å². The Bertz CT molecular complexity index is 356. The van der Waals surface area contributed by atoms with E-state index in [2.05, 4.69) is 18.3 Å². The molecule has 0 amide bonds. The third-order valence-corrected chi connectivity index (χ3v) is 3.69. The summed E-state index contributed by atoms with van der Waals surface area (Å²) in [6.45, 7) is 3.18. The molecule has 0 aromatic heterocycles. The van der Waals surface area contributed by atoms with Crippen LogP contribution in [0.15, 0.2) is 18.2 Å². The molecule has 1 fully saturated rings. The first-order valence-corrected chi connectivity index (χ1v) is 6.86. The number of hydrogen-bond acceptors (Lipinski definition) is 2. The molecule has 1 aliphatic carbocycles. The summed E-state index contributed by atoms with van der Waals surface area (Å²) in [4.78, 5) is 0. The monoisotopic (exact) mass is 233 g/mol. The Hall–Kier alpha value is -1.18. The zero-order chi connectivity index (χ0) is 12.1. The molecule has 2 nitrogen and oxygen atoms in total. The molecule has 2 heteroatoms. The molecular weight excluding hydrogens is 210 g/mol. The van der Waals surface area contributed by atoms with E-state index >= 15 is 0 Å². The lowest BCUT2D eigenvalue weighted by atomic mass is 10.1. The number of aryl methyl sites for hydroxylation is 1. The lowest BCUT2D eigenvalue weighted by Gasteiger charge is -2.16. The molecule has 0 aliphatic heterocycles. The Morgan fingerprint density at radius 1 is 1.29 bits per heavy atom. The van der Waals surface area contributed by atoms with E-state index < -0.39 is 0 Å². The van der Waals surface area contributed by atoms with E-state index in [9.17, 15) is 5.11 Å². The van der Waals surface area contributed by atoms with Crippen LogP contribution < -0.4 is 5.32 Å². The Morgan fingerprint density at radius 2 is 2.06 bits per heavy atom. The fourth-order valence-corrected chi connectivity index (χ4v) is 2.73. The van der Waals surface area contributed by atoms with Gasteiger partial charge in [0.05, 0.1) is 5.69 Å². The van der Waals surface area contributed by atoms with Gasteiger partial charge >= 0.3 is 0 Å². The van der Waals surface area contributed by atoms with Gasteiger partial charge in [-0.05, 0) is 36.8 Å². The molecule has 1 aliphatic rings. The highest BCUT2D eigenvalue weighted by molar-refractivity contribution is 5.61. The Morgan fingerprint density at radius 3 is 2.76 bits per heavy atom. The Kier molecular flexibility index (Phi) is 4.29. The first-order valence-electron chi connectivity index (χ1n) is 6.86. The van der Waals surface area contributed by atoms with Crippen molar-refractivity contribution in [2.45, 2.75) is 45.4 Å². The van der Waals surface area contributed by atoms with E-state index in [0.29, 0.717) is 5.75 Å². The third kappa shape index (κ3) is 3.15. The number of phenols is 1. The maximum absolute atomic E-state index is 9.93. The van der Waals surface area contributed by atoms with E-state index in [4.69, 9.17) is 0 Å². The van der Waals surface area contributed by atoms with Crippen LogP contribution in [0, 0.1) is 5.92 Å². The van der Waals surface area contributed by atoms with E-state index in [-0.39, 0.29) is 0 Å². The van der Waals surface area contributed by atoms with Crippen LogP contribution in [0.4, 0.5) is 5.69 Å². The maximum atomic E-state index is 9.93. The van der Waals surface area contributed by atoms with Crippen LogP contribution in [0.25, 0.3) is 0 Å². The van der Waals surface area contributed by atoms with Crippen LogP contribution in [0.5, 0.6) is 5.75 Å². The summed E-state index contributed by atoms with van der Waals surface area (Å²) in [5.41, 5.74) is 2.20. The summed E-state index contributed by atoms with van der Waals surface area (Å²) < 4.78 is 0. The van der Waals surface area contributed by atoms with E-state index in [1.165, 1.54) is 31.2 Å². The van der Waals surface area contributed by atoms with Gasteiger partial charge in [-0.15, -0.1) is 0 Å². The average molecular weight is 233 g/mol. The second-order valence-electron chi connectivity index (χ2n) is 5.09. The lowest BCUT2D eigenvalue weighted by molar-refractivity contribution is 0.475. The predicted molar refractivity (Wildman–Crippen MR) is 72.5 cm³/mol. The van der Waals surface area contributed by atoms with Crippen LogP contribution in [-0.2, 0) is 6.42 Å². The SMILES string of the molecule is CCCc1cccc(O)c1NCC1CCCC1. The number of benzene rings is 1. The highest BCUT2D eigenvalue weighted by Crippen LogP contribution is 2.30. The van der Waals surface area contributed by atoms with Crippen molar-refractivity contribution < 1.29 is 5.11 Å². The molecule has 1 saturated carbocycles. The second-order valence-corrected chi connectivity index (χ2v) is 5.09. The topological polar surface area (TPSA) is 32.3 Å². The Balaban J connectivity index is 2.02. The van der Waals surface area contributed by atoms with Crippen molar-refractivity contribution >= 4 is 5.69 Å². The highest BCUT2D eigenvalue weighted by Gasteiger charge is 2.15. The molecule has 0 heterocycles. The highest BCUT2D eigenvalue weighted by atomic mass is 16.3. The summed E-state index contributed by atoms with van der Waals surface area (Å²) >= 11 is 0. The molecule has 0 radical (unpaired) electrons. The number of phenolic OH excluding ortho intramolecular Hbond substituents is 1. The van der Waals surface area contributed by atoms with Crippen molar-refractivity contribution in [3.05, 3.63) is 23.8 Å². The number of aromatic hydroxyl groups is 1. The first-order chi connectivity index (χ1) is 8.31. The summed E-state index contributed by atoms with van der Waals surface area (Å²) in [7, 11) is 0. The summed E-state index contributed by atoms with van der Waals surface area (Å²) in [6.07, 6.45) is 7.56. The van der Waals surface area contributed by atoms with Crippen molar-refractivity contribution in [1.29, 1.82) is 0 Å². The molecule has 0 atom stereocenters.